The largest absolute Gasteiger partial charge is 0.507 e. The molecule has 1 amide bonds. The fourth-order valence-corrected chi connectivity index (χ4v) is 3.37. The van der Waals surface area contributed by atoms with Crippen LogP contribution in [0, 0.1) is 0 Å². The molecule has 2 aromatic rings. The molecule has 1 atom stereocenters. The van der Waals surface area contributed by atoms with Gasteiger partial charge in [0, 0.05) is 5.56 Å². The molecule has 1 saturated heterocycles. The summed E-state index contributed by atoms with van der Waals surface area (Å²) in [4.78, 5) is 38.6. The van der Waals surface area contributed by atoms with Crippen molar-refractivity contribution < 1.29 is 33.7 Å². The SMILES string of the molecule is COC(=O)CN1C(=O)C(=O)C(=C(O)c2ccccc2)[C@@H]1c1ccc(OC)c(OC)c1. The van der Waals surface area contributed by atoms with Crippen LogP contribution in [0.25, 0.3) is 5.76 Å². The molecule has 0 bridgehead atoms. The number of methoxy groups -OCH3 is 3. The van der Waals surface area contributed by atoms with Gasteiger partial charge in [0.15, 0.2) is 11.5 Å². The quantitative estimate of drug-likeness (QED) is 0.337. The number of rotatable bonds is 6. The monoisotopic (exact) mass is 411 g/mol. The van der Waals surface area contributed by atoms with E-state index in [0.29, 0.717) is 22.6 Å². The van der Waals surface area contributed by atoms with Crippen LogP contribution in [0.2, 0.25) is 0 Å². The first kappa shape index (κ1) is 20.9. The summed E-state index contributed by atoms with van der Waals surface area (Å²) in [5.41, 5.74) is 0.717. The molecule has 1 heterocycles. The maximum absolute atomic E-state index is 12.8. The van der Waals surface area contributed by atoms with Crippen LogP contribution < -0.4 is 9.47 Å². The molecule has 0 spiro atoms. The Morgan fingerprint density at radius 2 is 1.67 bits per heavy atom. The van der Waals surface area contributed by atoms with Crippen molar-refractivity contribution in [3.8, 4) is 11.5 Å². The maximum atomic E-state index is 12.8. The first-order chi connectivity index (χ1) is 14.4. The fraction of sp³-hybridized carbons (Fsp3) is 0.227. The number of esters is 1. The van der Waals surface area contributed by atoms with Crippen molar-refractivity contribution in [2.75, 3.05) is 27.9 Å². The number of carbonyl (C=O) groups excluding carboxylic acids is 3. The maximum Gasteiger partial charge on any atom is 0.325 e. The third-order valence-corrected chi connectivity index (χ3v) is 4.84. The lowest BCUT2D eigenvalue weighted by Gasteiger charge is -2.25. The van der Waals surface area contributed by atoms with E-state index in [-0.39, 0.29) is 11.3 Å². The molecule has 1 N–H and O–H groups in total. The van der Waals surface area contributed by atoms with Gasteiger partial charge in [-0.1, -0.05) is 36.4 Å². The first-order valence-corrected chi connectivity index (χ1v) is 9.05. The van der Waals surface area contributed by atoms with Crippen LogP contribution in [0.1, 0.15) is 17.2 Å². The summed E-state index contributed by atoms with van der Waals surface area (Å²) < 4.78 is 15.2. The minimum Gasteiger partial charge on any atom is -0.507 e. The van der Waals surface area contributed by atoms with Gasteiger partial charge < -0.3 is 24.2 Å². The van der Waals surface area contributed by atoms with Crippen molar-refractivity contribution in [3.05, 3.63) is 65.2 Å². The molecule has 8 nitrogen and oxygen atoms in total. The molecular formula is C22H21NO7. The second kappa shape index (κ2) is 8.69. The average molecular weight is 411 g/mol. The van der Waals surface area contributed by atoms with Crippen LogP contribution in [0.3, 0.4) is 0 Å². The van der Waals surface area contributed by atoms with E-state index in [9.17, 15) is 19.5 Å². The highest BCUT2D eigenvalue weighted by atomic mass is 16.5. The first-order valence-electron chi connectivity index (χ1n) is 9.05. The average Bonchev–Trinajstić information content (AvgIpc) is 3.03. The van der Waals surface area contributed by atoms with Crippen LogP contribution in [0.15, 0.2) is 54.1 Å². The van der Waals surface area contributed by atoms with Crippen LogP contribution in [0.5, 0.6) is 11.5 Å². The summed E-state index contributed by atoms with van der Waals surface area (Å²) in [6.45, 7) is -0.453. The van der Waals surface area contributed by atoms with Crippen molar-refractivity contribution >= 4 is 23.4 Å². The molecule has 0 radical (unpaired) electrons. The van der Waals surface area contributed by atoms with Crippen molar-refractivity contribution in [3.63, 3.8) is 0 Å². The van der Waals surface area contributed by atoms with E-state index in [1.165, 1.54) is 21.3 Å². The Hall–Kier alpha value is -3.81. The van der Waals surface area contributed by atoms with Gasteiger partial charge in [0.05, 0.1) is 32.9 Å². The number of benzene rings is 2. The summed E-state index contributed by atoms with van der Waals surface area (Å²) in [6.07, 6.45) is 0. The fourth-order valence-electron chi connectivity index (χ4n) is 3.37. The molecule has 30 heavy (non-hydrogen) atoms. The number of ketones is 1. The predicted octanol–water partition coefficient (Wildman–Crippen LogP) is 2.30. The lowest BCUT2D eigenvalue weighted by atomic mass is 9.95. The third kappa shape index (κ3) is 3.71. The number of nitrogens with zero attached hydrogens (tertiary/aromatic N) is 1. The molecule has 8 heteroatoms. The van der Waals surface area contributed by atoms with Crippen LogP contribution >= 0.6 is 0 Å². The van der Waals surface area contributed by atoms with Gasteiger partial charge in [-0.05, 0) is 17.7 Å². The number of Topliss-reactive ketones (excluding diaryl/α,β-unsaturated/α-hetero) is 1. The zero-order valence-electron chi connectivity index (χ0n) is 16.7. The molecular weight excluding hydrogens is 390 g/mol. The summed E-state index contributed by atoms with van der Waals surface area (Å²) >= 11 is 0. The highest BCUT2D eigenvalue weighted by Gasteiger charge is 2.47. The Morgan fingerprint density at radius 3 is 2.27 bits per heavy atom. The Balaban J connectivity index is 2.21. The number of aliphatic hydroxyl groups is 1. The molecule has 2 aromatic carbocycles. The zero-order chi connectivity index (χ0) is 21.8. The summed E-state index contributed by atoms with van der Waals surface area (Å²) in [6, 6.07) is 12.2. The van der Waals surface area contributed by atoms with Gasteiger partial charge in [0.25, 0.3) is 11.7 Å². The van der Waals surface area contributed by atoms with Crippen molar-refractivity contribution in [2.45, 2.75) is 6.04 Å². The number of amides is 1. The van der Waals surface area contributed by atoms with Crippen LogP contribution in [-0.2, 0) is 19.1 Å². The molecule has 156 valence electrons. The molecule has 3 rings (SSSR count). The second-order valence-corrected chi connectivity index (χ2v) is 6.48. The van der Waals surface area contributed by atoms with E-state index in [4.69, 9.17) is 9.47 Å². The number of hydrogen-bond acceptors (Lipinski definition) is 7. The topological polar surface area (TPSA) is 102 Å². The smallest absolute Gasteiger partial charge is 0.325 e. The van der Waals surface area contributed by atoms with E-state index >= 15 is 0 Å². The second-order valence-electron chi connectivity index (χ2n) is 6.48. The minimum absolute atomic E-state index is 0.123. The van der Waals surface area contributed by atoms with Gasteiger partial charge in [0.2, 0.25) is 0 Å². The predicted molar refractivity (Wildman–Crippen MR) is 107 cm³/mol. The molecule has 0 saturated carbocycles. The molecule has 0 unspecified atom stereocenters. The molecule has 1 aliphatic heterocycles. The molecule has 1 fully saturated rings. The number of ether oxygens (including phenoxy) is 3. The van der Waals surface area contributed by atoms with Gasteiger partial charge >= 0.3 is 5.97 Å². The van der Waals surface area contributed by atoms with Crippen LogP contribution in [0.4, 0.5) is 0 Å². The third-order valence-electron chi connectivity index (χ3n) is 4.84. The van der Waals surface area contributed by atoms with Gasteiger partial charge in [-0.15, -0.1) is 0 Å². The summed E-state index contributed by atoms with van der Waals surface area (Å²) in [7, 11) is 4.13. The van der Waals surface area contributed by atoms with Gasteiger partial charge in [-0.25, -0.2) is 0 Å². The summed E-state index contributed by atoms with van der Waals surface area (Å²) in [5, 5.41) is 10.9. The molecule has 0 aromatic heterocycles. The number of hydrogen-bond donors (Lipinski definition) is 1. The zero-order valence-corrected chi connectivity index (χ0v) is 16.7. The van der Waals surface area contributed by atoms with Gasteiger partial charge in [0.1, 0.15) is 12.3 Å². The minimum atomic E-state index is -1.01. The van der Waals surface area contributed by atoms with E-state index in [1.54, 1.807) is 48.5 Å². The molecule has 0 aliphatic carbocycles. The summed E-state index contributed by atoms with van der Waals surface area (Å²) in [5.74, 6) is -1.99. The number of aliphatic hydroxyl groups excluding tert-OH is 1. The van der Waals surface area contributed by atoms with Gasteiger partial charge in [-0.3, -0.25) is 14.4 Å². The highest BCUT2D eigenvalue weighted by Crippen LogP contribution is 2.41. The molecule has 1 aliphatic rings. The Bertz CT molecular complexity index is 1010. The van der Waals surface area contributed by atoms with E-state index in [0.717, 1.165) is 4.90 Å². The van der Waals surface area contributed by atoms with Gasteiger partial charge in [-0.2, -0.15) is 0 Å². The van der Waals surface area contributed by atoms with E-state index in [1.807, 2.05) is 0 Å². The van der Waals surface area contributed by atoms with Crippen molar-refractivity contribution in [1.82, 2.24) is 4.90 Å². The van der Waals surface area contributed by atoms with Crippen molar-refractivity contribution in [1.29, 1.82) is 0 Å². The van der Waals surface area contributed by atoms with Crippen LogP contribution in [-0.4, -0.2) is 55.5 Å². The Labute approximate surface area is 173 Å². The normalized spacial score (nSPS) is 17.7. The lowest BCUT2D eigenvalue weighted by molar-refractivity contribution is -0.148. The van der Waals surface area contributed by atoms with E-state index < -0.39 is 30.2 Å². The van der Waals surface area contributed by atoms with Crippen molar-refractivity contribution in [2.24, 2.45) is 0 Å². The highest BCUT2D eigenvalue weighted by molar-refractivity contribution is 6.46. The lowest BCUT2D eigenvalue weighted by Crippen LogP contribution is -2.35. The number of carbonyl (C=O) groups is 3. The Morgan fingerprint density at radius 1 is 1.00 bits per heavy atom. The Kier molecular flexibility index (Phi) is 6.06. The van der Waals surface area contributed by atoms with E-state index in [2.05, 4.69) is 4.74 Å². The number of likely N-dealkylation sites (tertiary alicyclic amines) is 1. The standard InChI is InChI=1S/C22H21NO7/c1-28-15-10-9-14(11-16(15)29-2)19-18(20(25)13-7-5-4-6-8-13)21(26)22(27)23(19)12-17(24)30-3/h4-11,19,25H,12H2,1-3H3/t19-/m0/s1.